The highest BCUT2D eigenvalue weighted by Gasteiger charge is 2.24. The van der Waals surface area contributed by atoms with E-state index in [-0.39, 0.29) is 15.9 Å². The minimum Gasteiger partial charge on any atom is -0.479 e. The summed E-state index contributed by atoms with van der Waals surface area (Å²) in [5.74, 6) is -0.185. The van der Waals surface area contributed by atoms with Crippen LogP contribution in [0.1, 0.15) is 12.5 Å². The monoisotopic (exact) mass is 433 g/mol. The topological polar surface area (TPSA) is 97.4 Å². The van der Waals surface area contributed by atoms with Crippen molar-refractivity contribution in [1.82, 2.24) is 4.98 Å². The highest BCUT2D eigenvalue weighted by molar-refractivity contribution is 7.93. The lowest BCUT2D eigenvalue weighted by Crippen LogP contribution is -2.34. The number of thiazole rings is 1. The van der Waals surface area contributed by atoms with Crippen LogP contribution in [0.5, 0.6) is 5.75 Å². The minimum absolute atomic E-state index is 0.0154. The molecule has 0 saturated carbocycles. The Morgan fingerprint density at radius 1 is 1.24 bits per heavy atom. The number of hydrogen-bond donors (Lipinski definition) is 2. The molecule has 2 aromatic carbocycles. The molecule has 1 atom stereocenters. The number of aryl methyl sites for hydroxylation is 1. The van der Waals surface area contributed by atoms with E-state index in [1.54, 1.807) is 30.5 Å². The van der Waals surface area contributed by atoms with Crippen molar-refractivity contribution in [2.45, 2.75) is 24.8 Å². The Hall–Kier alpha value is -2.98. The predicted octanol–water partition coefficient (Wildman–Crippen LogP) is 3.78. The summed E-state index contributed by atoms with van der Waals surface area (Å²) in [6.07, 6.45) is -0.566. The van der Waals surface area contributed by atoms with Crippen LogP contribution in [-0.2, 0) is 14.8 Å². The molecule has 1 unspecified atom stereocenters. The van der Waals surface area contributed by atoms with Gasteiger partial charge >= 0.3 is 0 Å². The van der Waals surface area contributed by atoms with E-state index in [4.69, 9.17) is 4.74 Å². The highest BCUT2D eigenvalue weighted by atomic mass is 32.2. The fraction of sp³-hybridized carbons (Fsp3) is 0.158. The molecule has 0 aliphatic carbocycles. The quantitative estimate of drug-likeness (QED) is 0.653. The van der Waals surface area contributed by atoms with Gasteiger partial charge in [0.25, 0.3) is 15.9 Å². The van der Waals surface area contributed by atoms with Crippen molar-refractivity contribution in [1.29, 1.82) is 0 Å². The van der Waals surface area contributed by atoms with Crippen LogP contribution >= 0.6 is 11.3 Å². The zero-order valence-electron chi connectivity index (χ0n) is 15.4. The van der Waals surface area contributed by atoms with Crippen LogP contribution < -0.4 is 14.8 Å². The molecule has 0 fully saturated rings. The Kier molecular flexibility index (Phi) is 4.75. The second kappa shape index (κ2) is 7.12. The van der Waals surface area contributed by atoms with E-state index in [0.29, 0.717) is 28.3 Å². The first-order valence-electron chi connectivity index (χ1n) is 8.59. The Bertz CT molecular complexity index is 1220. The number of benzene rings is 2. The van der Waals surface area contributed by atoms with E-state index >= 15 is 0 Å². The average Bonchev–Trinajstić information content (AvgIpc) is 3.09. The van der Waals surface area contributed by atoms with Crippen molar-refractivity contribution in [3.8, 4) is 17.0 Å². The predicted molar refractivity (Wildman–Crippen MR) is 108 cm³/mol. The number of fused-ring (bicyclic) bond motifs is 1. The van der Waals surface area contributed by atoms with Crippen LogP contribution in [0.2, 0.25) is 0 Å². The van der Waals surface area contributed by atoms with Crippen LogP contribution in [0, 0.1) is 12.7 Å². The molecule has 1 aromatic heterocycles. The first-order valence-corrected chi connectivity index (χ1v) is 11.0. The van der Waals surface area contributed by atoms with Gasteiger partial charge in [-0.3, -0.25) is 9.52 Å². The fourth-order valence-corrected chi connectivity index (χ4v) is 5.11. The SMILES string of the molecule is Cc1cc(F)ccc1S(=O)(=O)Nc1nc(-c2ccc3c(c2)NC(=O)C(C)O3)cs1. The van der Waals surface area contributed by atoms with E-state index in [9.17, 15) is 17.6 Å². The summed E-state index contributed by atoms with van der Waals surface area (Å²) >= 11 is 1.12. The Balaban J connectivity index is 1.59. The second-order valence-electron chi connectivity index (χ2n) is 6.51. The number of nitrogens with one attached hydrogen (secondary N) is 2. The molecule has 29 heavy (non-hydrogen) atoms. The van der Waals surface area contributed by atoms with Gasteiger partial charge < -0.3 is 10.1 Å². The maximum atomic E-state index is 13.3. The largest absolute Gasteiger partial charge is 0.479 e. The number of halogens is 1. The number of amides is 1. The molecule has 1 aliphatic heterocycles. The molecule has 1 aliphatic rings. The Morgan fingerprint density at radius 2 is 2.03 bits per heavy atom. The van der Waals surface area contributed by atoms with Crippen molar-refractivity contribution >= 4 is 38.1 Å². The molecule has 0 saturated heterocycles. The number of rotatable bonds is 4. The summed E-state index contributed by atoms with van der Waals surface area (Å²) in [6.45, 7) is 3.18. The number of carbonyl (C=O) groups is 1. The number of anilines is 2. The van der Waals surface area contributed by atoms with Gasteiger partial charge in [-0.1, -0.05) is 0 Å². The first kappa shape index (κ1) is 19.3. The van der Waals surface area contributed by atoms with Crippen molar-refractivity contribution < 1.29 is 22.3 Å². The van der Waals surface area contributed by atoms with Crippen LogP contribution in [0.15, 0.2) is 46.7 Å². The number of sulfonamides is 1. The van der Waals surface area contributed by atoms with Gasteiger partial charge in [0.2, 0.25) is 0 Å². The zero-order valence-corrected chi connectivity index (χ0v) is 17.0. The first-order chi connectivity index (χ1) is 13.7. The second-order valence-corrected chi connectivity index (χ2v) is 9.02. The molecule has 3 aromatic rings. The summed E-state index contributed by atoms with van der Waals surface area (Å²) in [4.78, 5) is 16.1. The van der Waals surface area contributed by atoms with Gasteiger partial charge in [-0.05, 0) is 55.8 Å². The smallest absolute Gasteiger partial charge is 0.265 e. The van der Waals surface area contributed by atoms with Gasteiger partial charge in [0, 0.05) is 10.9 Å². The molecule has 1 amide bonds. The molecule has 7 nitrogen and oxygen atoms in total. The Morgan fingerprint density at radius 3 is 2.79 bits per heavy atom. The lowest BCUT2D eigenvalue weighted by molar-refractivity contribution is -0.122. The van der Waals surface area contributed by atoms with E-state index in [1.807, 2.05) is 0 Å². The highest BCUT2D eigenvalue weighted by Crippen LogP contribution is 2.35. The summed E-state index contributed by atoms with van der Waals surface area (Å²) < 4.78 is 46.4. The molecule has 10 heteroatoms. The molecular weight excluding hydrogens is 417 g/mol. The number of aromatic nitrogens is 1. The summed E-state index contributed by atoms with van der Waals surface area (Å²) in [7, 11) is -3.90. The van der Waals surface area contributed by atoms with Gasteiger partial charge in [0.05, 0.1) is 16.3 Å². The number of carbonyl (C=O) groups excluding carboxylic acids is 1. The van der Waals surface area contributed by atoms with Crippen LogP contribution in [-0.4, -0.2) is 25.4 Å². The summed E-state index contributed by atoms with van der Waals surface area (Å²) in [6, 6.07) is 8.70. The van der Waals surface area contributed by atoms with Gasteiger partial charge in [0.15, 0.2) is 11.2 Å². The molecule has 0 bridgehead atoms. The molecular formula is C19H16FN3O4S2. The minimum atomic E-state index is -3.90. The van der Waals surface area contributed by atoms with Crippen molar-refractivity contribution in [2.75, 3.05) is 10.0 Å². The Labute approximate surface area is 170 Å². The maximum absolute atomic E-state index is 13.3. The fourth-order valence-electron chi connectivity index (χ4n) is 2.91. The van der Waals surface area contributed by atoms with Gasteiger partial charge in [0.1, 0.15) is 11.6 Å². The lowest BCUT2D eigenvalue weighted by atomic mass is 10.1. The van der Waals surface area contributed by atoms with E-state index in [1.165, 1.54) is 13.0 Å². The third-order valence-electron chi connectivity index (χ3n) is 4.36. The normalized spacial score (nSPS) is 16.0. The molecule has 0 radical (unpaired) electrons. The van der Waals surface area contributed by atoms with Crippen LogP contribution in [0.25, 0.3) is 11.3 Å². The van der Waals surface area contributed by atoms with Gasteiger partial charge in [-0.25, -0.2) is 17.8 Å². The van der Waals surface area contributed by atoms with Crippen LogP contribution in [0.4, 0.5) is 15.2 Å². The molecule has 4 rings (SSSR count). The molecule has 2 N–H and O–H groups in total. The molecule has 2 heterocycles. The lowest BCUT2D eigenvalue weighted by Gasteiger charge is -2.23. The summed E-state index contributed by atoms with van der Waals surface area (Å²) in [5, 5.41) is 4.64. The standard InChI is InChI=1S/C19H16FN3O4S2/c1-10-7-13(20)4-6-17(10)29(25,26)23-19-22-15(9-28-19)12-3-5-16-14(8-12)21-18(24)11(2)27-16/h3-9,11H,1-2H3,(H,21,24)(H,22,23). The van der Waals surface area contributed by atoms with E-state index in [2.05, 4.69) is 15.0 Å². The van der Waals surface area contributed by atoms with Crippen LogP contribution in [0.3, 0.4) is 0 Å². The number of nitrogens with zero attached hydrogens (tertiary/aromatic N) is 1. The maximum Gasteiger partial charge on any atom is 0.265 e. The third-order valence-corrected chi connectivity index (χ3v) is 6.74. The van der Waals surface area contributed by atoms with E-state index < -0.39 is 21.9 Å². The van der Waals surface area contributed by atoms with Crippen molar-refractivity contribution in [2.24, 2.45) is 0 Å². The molecule has 150 valence electrons. The van der Waals surface area contributed by atoms with Crippen molar-refractivity contribution in [3.63, 3.8) is 0 Å². The third kappa shape index (κ3) is 3.81. The average molecular weight is 433 g/mol. The van der Waals surface area contributed by atoms with E-state index in [0.717, 1.165) is 23.5 Å². The van der Waals surface area contributed by atoms with Gasteiger partial charge in [-0.15, -0.1) is 11.3 Å². The number of hydrogen-bond acceptors (Lipinski definition) is 6. The number of ether oxygens (including phenoxy) is 1. The zero-order chi connectivity index (χ0) is 20.8. The van der Waals surface area contributed by atoms with Crippen molar-refractivity contribution in [3.05, 3.63) is 53.2 Å². The van der Waals surface area contributed by atoms with Gasteiger partial charge in [-0.2, -0.15) is 0 Å². The summed E-state index contributed by atoms with van der Waals surface area (Å²) in [5.41, 5.74) is 2.07. The molecule has 0 spiro atoms.